The second-order valence-electron chi connectivity index (χ2n) is 6.97. The molecule has 0 radical (unpaired) electrons. The number of amides is 1. The number of nitrogens with one attached hydrogen (secondary N) is 3. The Bertz CT molecular complexity index is 869. The van der Waals surface area contributed by atoms with Gasteiger partial charge in [0, 0.05) is 45.8 Å². The Labute approximate surface area is 194 Å². The van der Waals surface area contributed by atoms with Crippen molar-refractivity contribution in [2.24, 2.45) is 4.99 Å². The molecule has 1 aromatic heterocycles. The number of aliphatic imine (C=N–C) groups is 1. The number of aromatic nitrogens is 3. The maximum absolute atomic E-state index is 11.8. The highest BCUT2D eigenvalue weighted by atomic mass is 127. The minimum absolute atomic E-state index is 0. The highest BCUT2D eigenvalue weighted by molar-refractivity contribution is 14.0. The Hall–Kier alpha value is -2.21. The van der Waals surface area contributed by atoms with E-state index in [1.54, 1.807) is 21.2 Å². The zero-order valence-corrected chi connectivity index (χ0v) is 20.0. The lowest BCUT2D eigenvalue weighted by Gasteiger charge is -2.25. The lowest BCUT2D eigenvalue weighted by molar-refractivity contribution is 0.0963. The van der Waals surface area contributed by atoms with Crippen LogP contribution in [0.5, 0.6) is 0 Å². The average molecular weight is 527 g/mol. The van der Waals surface area contributed by atoms with Crippen LogP contribution in [-0.2, 0) is 30.7 Å². The molecule has 1 aliphatic rings. The third-order valence-corrected chi connectivity index (χ3v) is 4.86. The van der Waals surface area contributed by atoms with Crippen molar-refractivity contribution >= 4 is 35.8 Å². The Kier molecular flexibility index (Phi) is 9.50. The van der Waals surface area contributed by atoms with Gasteiger partial charge in [0.1, 0.15) is 12.4 Å². The molecule has 0 spiro atoms. The van der Waals surface area contributed by atoms with Crippen LogP contribution in [0.15, 0.2) is 29.3 Å². The Balaban J connectivity index is 0.00000320. The summed E-state index contributed by atoms with van der Waals surface area (Å²) < 4.78 is 7.07. The standard InChI is InChI=1S/C20H29N7O2.HI/c1-21-19(28)15-6-4-5-14(11-15)9-10-23-20(22-2)24-16-7-8-18-25-17(13-29-3)26-27(18)12-16;/h4-6,11,16H,7-10,12-13H2,1-3H3,(H,21,28)(H2,22,23,24);1H. The smallest absolute Gasteiger partial charge is 0.251 e. The first kappa shape index (κ1) is 24.1. The number of hydrogen-bond acceptors (Lipinski definition) is 5. The van der Waals surface area contributed by atoms with Gasteiger partial charge in [-0.25, -0.2) is 9.67 Å². The van der Waals surface area contributed by atoms with Gasteiger partial charge in [-0.2, -0.15) is 5.10 Å². The summed E-state index contributed by atoms with van der Waals surface area (Å²) in [6.07, 6.45) is 2.64. The number of halogens is 1. The molecule has 2 heterocycles. The van der Waals surface area contributed by atoms with E-state index in [0.717, 1.165) is 55.5 Å². The summed E-state index contributed by atoms with van der Waals surface area (Å²) in [6.45, 7) is 1.90. The van der Waals surface area contributed by atoms with Crippen molar-refractivity contribution in [1.29, 1.82) is 0 Å². The molecule has 10 heteroatoms. The van der Waals surface area contributed by atoms with Crippen LogP contribution < -0.4 is 16.0 Å². The number of carbonyl (C=O) groups excluding carboxylic acids is 1. The fourth-order valence-electron chi connectivity index (χ4n) is 3.39. The summed E-state index contributed by atoms with van der Waals surface area (Å²) in [5, 5.41) is 14.0. The lowest BCUT2D eigenvalue weighted by atomic mass is 10.1. The Morgan fingerprint density at radius 3 is 2.97 bits per heavy atom. The summed E-state index contributed by atoms with van der Waals surface area (Å²) in [7, 11) is 5.05. The molecule has 9 nitrogen and oxygen atoms in total. The molecule has 1 amide bonds. The normalized spacial score (nSPS) is 15.7. The Morgan fingerprint density at radius 1 is 1.40 bits per heavy atom. The van der Waals surface area contributed by atoms with E-state index < -0.39 is 0 Å². The fraction of sp³-hybridized carbons (Fsp3) is 0.500. The van der Waals surface area contributed by atoms with Gasteiger partial charge >= 0.3 is 0 Å². The molecule has 0 aliphatic carbocycles. The van der Waals surface area contributed by atoms with Gasteiger partial charge in [-0.05, 0) is 30.5 Å². The lowest BCUT2D eigenvalue weighted by Crippen LogP contribution is -2.47. The molecule has 0 fully saturated rings. The number of ether oxygens (including phenoxy) is 1. The molecule has 3 N–H and O–H groups in total. The van der Waals surface area contributed by atoms with Crippen molar-refractivity contribution in [2.45, 2.75) is 38.5 Å². The topological polar surface area (TPSA) is 105 Å². The monoisotopic (exact) mass is 527 g/mol. The van der Waals surface area contributed by atoms with Crippen LogP contribution in [0.3, 0.4) is 0 Å². The molecule has 1 unspecified atom stereocenters. The van der Waals surface area contributed by atoms with E-state index in [1.165, 1.54) is 0 Å². The second-order valence-corrected chi connectivity index (χ2v) is 6.97. The molecule has 1 aliphatic heterocycles. The van der Waals surface area contributed by atoms with Crippen molar-refractivity contribution in [3.8, 4) is 0 Å². The number of hydrogen-bond donors (Lipinski definition) is 3. The average Bonchev–Trinajstić information content (AvgIpc) is 3.14. The van der Waals surface area contributed by atoms with E-state index in [9.17, 15) is 4.79 Å². The molecule has 30 heavy (non-hydrogen) atoms. The predicted octanol–water partition coefficient (Wildman–Crippen LogP) is 1.12. The summed E-state index contributed by atoms with van der Waals surface area (Å²) in [5.74, 6) is 2.42. The molecular formula is C20H30IN7O2. The second kappa shape index (κ2) is 11.8. The van der Waals surface area contributed by atoms with Crippen molar-refractivity contribution in [2.75, 3.05) is 27.7 Å². The maximum atomic E-state index is 11.8. The fourth-order valence-corrected chi connectivity index (χ4v) is 3.39. The van der Waals surface area contributed by atoms with Gasteiger partial charge < -0.3 is 20.7 Å². The van der Waals surface area contributed by atoms with E-state index >= 15 is 0 Å². The van der Waals surface area contributed by atoms with Crippen molar-refractivity contribution < 1.29 is 9.53 Å². The zero-order valence-electron chi connectivity index (χ0n) is 17.6. The van der Waals surface area contributed by atoms with Crippen LogP contribution in [0.4, 0.5) is 0 Å². The van der Waals surface area contributed by atoms with Gasteiger partial charge in [0.05, 0.1) is 6.54 Å². The van der Waals surface area contributed by atoms with Crippen molar-refractivity contribution in [1.82, 2.24) is 30.7 Å². The molecule has 2 aromatic rings. The molecule has 0 bridgehead atoms. The third kappa shape index (κ3) is 6.39. The molecule has 1 atom stereocenters. The number of rotatable bonds is 7. The predicted molar refractivity (Wildman–Crippen MR) is 126 cm³/mol. The van der Waals surface area contributed by atoms with Gasteiger partial charge in [-0.1, -0.05) is 12.1 Å². The third-order valence-electron chi connectivity index (χ3n) is 4.86. The van der Waals surface area contributed by atoms with E-state index in [1.807, 2.05) is 28.9 Å². The van der Waals surface area contributed by atoms with Gasteiger partial charge in [-0.15, -0.1) is 24.0 Å². The highest BCUT2D eigenvalue weighted by Crippen LogP contribution is 2.13. The van der Waals surface area contributed by atoms with Crippen LogP contribution in [0.2, 0.25) is 0 Å². The van der Waals surface area contributed by atoms with Crippen LogP contribution in [0.1, 0.15) is 34.0 Å². The SMILES string of the molecule is CN=C(NCCc1cccc(C(=O)NC)c1)NC1CCc2nc(COC)nn2C1.I. The van der Waals surface area contributed by atoms with E-state index in [4.69, 9.17) is 4.74 Å². The zero-order chi connectivity index (χ0) is 20.6. The van der Waals surface area contributed by atoms with Crippen LogP contribution in [0, 0.1) is 0 Å². The summed E-state index contributed by atoms with van der Waals surface area (Å²) in [5.41, 5.74) is 1.77. The van der Waals surface area contributed by atoms with E-state index in [2.05, 4.69) is 31.0 Å². The number of benzene rings is 1. The van der Waals surface area contributed by atoms with Crippen molar-refractivity contribution in [3.05, 3.63) is 47.0 Å². The number of guanidine groups is 1. The molecule has 0 saturated carbocycles. The van der Waals surface area contributed by atoms with Crippen LogP contribution in [-0.4, -0.2) is 60.4 Å². The number of methoxy groups -OCH3 is 1. The first-order valence-corrected chi connectivity index (χ1v) is 9.82. The first-order valence-electron chi connectivity index (χ1n) is 9.82. The molecule has 1 aromatic carbocycles. The summed E-state index contributed by atoms with van der Waals surface area (Å²) in [4.78, 5) is 20.6. The Morgan fingerprint density at radius 2 is 2.23 bits per heavy atom. The van der Waals surface area contributed by atoms with Crippen LogP contribution >= 0.6 is 24.0 Å². The van der Waals surface area contributed by atoms with Crippen LogP contribution in [0.25, 0.3) is 0 Å². The van der Waals surface area contributed by atoms with Gasteiger partial charge in [0.2, 0.25) is 0 Å². The maximum Gasteiger partial charge on any atom is 0.251 e. The number of nitrogens with zero attached hydrogens (tertiary/aromatic N) is 4. The highest BCUT2D eigenvalue weighted by Gasteiger charge is 2.22. The van der Waals surface area contributed by atoms with Gasteiger partial charge in [-0.3, -0.25) is 9.79 Å². The summed E-state index contributed by atoms with van der Waals surface area (Å²) in [6, 6.07) is 7.90. The molecule has 0 saturated heterocycles. The summed E-state index contributed by atoms with van der Waals surface area (Å²) >= 11 is 0. The number of aryl methyl sites for hydroxylation is 1. The first-order chi connectivity index (χ1) is 14.1. The quantitative estimate of drug-likeness (QED) is 0.283. The molecule has 3 rings (SSSR count). The van der Waals surface area contributed by atoms with E-state index in [0.29, 0.717) is 12.2 Å². The molecule has 164 valence electrons. The molecular weight excluding hydrogens is 497 g/mol. The van der Waals surface area contributed by atoms with Gasteiger partial charge in [0.25, 0.3) is 5.91 Å². The largest absolute Gasteiger partial charge is 0.377 e. The van der Waals surface area contributed by atoms with Crippen molar-refractivity contribution in [3.63, 3.8) is 0 Å². The number of carbonyl (C=O) groups is 1. The van der Waals surface area contributed by atoms with E-state index in [-0.39, 0.29) is 35.9 Å². The minimum Gasteiger partial charge on any atom is -0.377 e. The minimum atomic E-state index is -0.0734. The van der Waals surface area contributed by atoms with Gasteiger partial charge in [0.15, 0.2) is 11.8 Å². The number of fused-ring (bicyclic) bond motifs is 1.